The van der Waals surface area contributed by atoms with Crippen molar-refractivity contribution in [3.05, 3.63) is 54.7 Å². The molecule has 19 heavy (non-hydrogen) atoms. The van der Waals surface area contributed by atoms with Crippen LogP contribution in [0.15, 0.2) is 34.1 Å². The fourth-order valence-electron chi connectivity index (χ4n) is 1.49. The smallest absolute Gasteiger partial charge is 0.283 e. The highest BCUT2D eigenvalue weighted by Gasteiger charge is 2.11. The standard InChI is InChI=1S/C12H8BrN3O2S/c13-11-4-9(1-2-12(11)16(17)18)15-6-10-3-8(5-14)7-19-10/h1-4,7,15H,6H2. The lowest BCUT2D eigenvalue weighted by atomic mass is 10.2. The second-order valence-electron chi connectivity index (χ2n) is 3.69. The number of benzene rings is 1. The summed E-state index contributed by atoms with van der Waals surface area (Å²) >= 11 is 4.67. The lowest BCUT2D eigenvalue weighted by Crippen LogP contribution is -1.98. The van der Waals surface area contributed by atoms with Gasteiger partial charge in [-0.2, -0.15) is 5.26 Å². The van der Waals surface area contributed by atoms with Gasteiger partial charge in [0.15, 0.2) is 0 Å². The van der Waals surface area contributed by atoms with Gasteiger partial charge < -0.3 is 5.32 Å². The Balaban J connectivity index is 2.06. The maximum atomic E-state index is 10.7. The van der Waals surface area contributed by atoms with Gasteiger partial charge in [-0.3, -0.25) is 10.1 Å². The van der Waals surface area contributed by atoms with Crippen LogP contribution in [-0.2, 0) is 6.54 Å². The molecule has 2 aromatic rings. The second kappa shape index (κ2) is 5.82. The van der Waals surface area contributed by atoms with Gasteiger partial charge in [-0.15, -0.1) is 11.3 Å². The van der Waals surface area contributed by atoms with Crippen molar-refractivity contribution in [2.45, 2.75) is 6.54 Å². The molecule has 0 radical (unpaired) electrons. The number of nitrogens with one attached hydrogen (secondary N) is 1. The summed E-state index contributed by atoms with van der Waals surface area (Å²) in [5, 5.41) is 24.3. The number of anilines is 1. The number of nitrogens with zero attached hydrogens (tertiary/aromatic N) is 2. The predicted molar refractivity (Wildman–Crippen MR) is 77.2 cm³/mol. The van der Waals surface area contributed by atoms with Crippen LogP contribution >= 0.6 is 27.3 Å². The van der Waals surface area contributed by atoms with Gasteiger partial charge in [0.05, 0.1) is 15.0 Å². The third kappa shape index (κ3) is 3.30. The fraction of sp³-hybridized carbons (Fsp3) is 0.0833. The van der Waals surface area contributed by atoms with E-state index in [1.807, 2.05) is 6.07 Å². The molecule has 0 amide bonds. The molecule has 96 valence electrons. The molecule has 7 heteroatoms. The topological polar surface area (TPSA) is 79.0 Å². The molecule has 0 aliphatic rings. The maximum absolute atomic E-state index is 10.7. The number of nitriles is 1. The summed E-state index contributed by atoms with van der Waals surface area (Å²) in [6.45, 7) is 0.580. The number of nitro benzene ring substituents is 1. The number of rotatable bonds is 4. The van der Waals surface area contributed by atoms with E-state index in [2.05, 4.69) is 27.3 Å². The molecule has 0 aliphatic heterocycles. The Morgan fingerprint density at radius 3 is 2.84 bits per heavy atom. The van der Waals surface area contributed by atoms with E-state index < -0.39 is 4.92 Å². The van der Waals surface area contributed by atoms with E-state index in [0.717, 1.165) is 10.6 Å². The van der Waals surface area contributed by atoms with E-state index in [9.17, 15) is 10.1 Å². The van der Waals surface area contributed by atoms with Crippen molar-refractivity contribution in [3.63, 3.8) is 0 Å². The van der Waals surface area contributed by atoms with Gasteiger partial charge in [0.2, 0.25) is 0 Å². The first kappa shape index (κ1) is 13.5. The van der Waals surface area contributed by atoms with Crippen molar-refractivity contribution in [2.24, 2.45) is 0 Å². The summed E-state index contributed by atoms with van der Waals surface area (Å²) in [5.41, 5.74) is 1.46. The van der Waals surface area contributed by atoms with Gasteiger partial charge in [-0.25, -0.2) is 0 Å². The van der Waals surface area contributed by atoms with E-state index >= 15 is 0 Å². The van der Waals surface area contributed by atoms with Gasteiger partial charge in [0.25, 0.3) is 5.69 Å². The molecule has 0 saturated carbocycles. The molecule has 0 fully saturated rings. The molecule has 1 N–H and O–H groups in total. The molecule has 0 aliphatic carbocycles. The van der Waals surface area contributed by atoms with E-state index in [1.54, 1.807) is 17.5 Å². The lowest BCUT2D eigenvalue weighted by molar-refractivity contribution is -0.385. The quantitative estimate of drug-likeness (QED) is 0.677. The Bertz CT molecular complexity index is 663. The van der Waals surface area contributed by atoms with E-state index in [-0.39, 0.29) is 5.69 Å². The minimum atomic E-state index is -0.438. The van der Waals surface area contributed by atoms with Crippen molar-refractivity contribution in [2.75, 3.05) is 5.32 Å². The van der Waals surface area contributed by atoms with Crippen LogP contribution in [0.2, 0.25) is 0 Å². The minimum Gasteiger partial charge on any atom is -0.380 e. The van der Waals surface area contributed by atoms with Crippen molar-refractivity contribution < 1.29 is 4.92 Å². The molecule has 0 saturated heterocycles. The van der Waals surface area contributed by atoms with E-state index in [0.29, 0.717) is 16.6 Å². The number of hydrogen-bond donors (Lipinski definition) is 1. The molecule has 1 heterocycles. The predicted octanol–water partition coefficient (Wildman–Crippen LogP) is 3.90. The SMILES string of the molecule is N#Cc1csc(CNc2ccc([N+](=O)[O-])c(Br)c2)c1. The monoisotopic (exact) mass is 337 g/mol. The Kier molecular flexibility index (Phi) is 4.14. The number of nitro groups is 1. The summed E-state index contributed by atoms with van der Waals surface area (Å²) < 4.78 is 0.436. The molecule has 0 bridgehead atoms. The number of hydrogen-bond acceptors (Lipinski definition) is 5. The molecule has 0 spiro atoms. The Morgan fingerprint density at radius 2 is 2.26 bits per heavy atom. The van der Waals surface area contributed by atoms with Crippen LogP contribution in [0.3, 0.4) is 0 Å². The third-order valence-electron chi connectivity index (χ3n) is 2.39. The first-order valence-corrected chi connectivity index (χ1v) is 6.92. The Hall–Kier alpha value is -1.91. The zero-order chi connectivity index (χ0) is 13.8. The van der Waals surface area contributed by atoms with Crippen LogP contribution in [0.5, 0.6) is 0 Å². The van der Waals surface area contributed by atoms with Crippen molar-refractivity contribution in [3.8, 4) is 6.07 Å². The Labute approximate surface area is 121 Å². The summed E-state index contributed by atoms with van der Waals surface area (Å²) in [6, 6.07) is 8.66. The van der Waals surface area contributed by atoms with Crippen LogP contribution < -0.4 is 5.32 Å². The zero-order valence-electron chi connectivity index (χ0n) is 9.59. The molecule has 0 unspecified atom stereocenters. The molecular formula is C12H8BrN3O2S. The van der Waals surface area contributed by atoms with Gasteiger partial charge in [-0.05, 0) is 34.1 Å². The molecule has 2 rings (SSSR count). The van der Waals surface area contributed by atoms with Crippen molar-refractivity contribution >= 4 is 38.6 Å². The fourth-order valence-corrected chi connectivity index (χ4v) is 2.76. The van der Waals surface area contributed by atoms with Gasteiger partial charge >= 0.3 is 0 Å². The minimum absolute atomic E-state index is 0.0356. The summed E-state index contributed by atoms with van der Waals surface area (Å²) in [7, 11) is 0. The van der Waals surface area contributed by atoms with Gasteiger partial charge in [0.1, 0.15) is 6.07 Å². The normalized spacial score (nSPS) is 9.89. The van der Waals surface area contributed by atoms with Crippen molar-refractivity contribution in [1.29, 1.82) is 5.26 Å². The molecular weight excluding hydrogens is 330 g/mol. The first-order valence-electron chi connectivity index (χ1n) is 5.25. The molecule has 0 atom stereocenters. The largest absolute Gasteiger partial charge is 0.380 e. The lowest BCUT2D eigenvalue weighted by Gasteiger charge is -2.05. The maximum Gasteiger partial charge on any atom is 0.283 e. The van der Waals surface area contributed by atoms with E-state index in [4.69, 9.17) is 5.26 Å². The van der Waals surface area contributed by atoms with Crippen LogP contribution in [0.4, 0.5) is 11.4 Å². The summed E-state index contributed by atoms with van der Waals surface area (Å²) in [4.78, 5) is 11.3. The highest BCUT2D eigenvalue weighted by atomic mass is 79.9. The first-order chi connectivity index (χ1) is 9.10. The van der Waals surface area contributed by atoms with Gasteiger partial charge in [0, 0.05) is 28.6 Å². The molecule has 1 aromatic carbocycles. The van der Waals surface area contributed by atoms with Crippen LogP contribution in [-0.4, -0.2) is 4.92 Å². The number of thiophene rings is 1. The van der Waals surface area contributed by atoms with Gasteiger partial charge in [-0.1, -0.05) is 0 Å². The molecule has 1 aromatic heterocycles. The highest BCUT2D eigenvalue weighted by Crippen LogP contribution is 2.28. The average molecular weight is 338 g/mol. The summed E-state index contributed by atoms with van der Waals surface area (Å²) in [5.74, 6) is 0. The third-order valence-corrected chi connectivity index (χ3v) is 3.97. The van der Waals surface area contributed by atoms with Crippen molar-refractivity contribution in [1.82, 2.24) is 0 Å². The Morgan fingerprint density at radius 1 is 1.47 bits per heavy atom. The highest BCUT2D eigenvalue weighted by molar-refractivity contribution is 9.10. The summed E-state index contributed by atoms with van der Waals surface area (Å²) in [6.07, 6.45) is 0. The second-order valence-corrected chi connectivity index (χ2v) is 5.54. The average Bonchev–Trinajstić information content (AvgIpc) is 2.84. The zero-order valence-corrected chi connectivity index (χ0v) is 12.0. The molecule has 5 nitrogen and oxygen atoms in total. The van der Waals surface area contributed by atoms with Crippen LogP contribution in [0.1, 0.15) is 10.4 Å². The van der Waals surface area contributed by atoms with E-state index in [1.165, 1.54) is 17.4 Å². The van der Waals surface area contributed by atoms with Crippen LogP contribution in [0.25, 0.3) is 0 Å². The number of halogens is 1. The van der Waals surface area contributed by atoms with Crippen LogP contribution in [0, 0.1) is 21.4 Å².